The van der Waals surface area contributed by atoms with Crippen LogP contribution in [0.4, 0.5) is 4.39 Å². The fraction of sp³-hybridized carbons (Fsp3) is 0.357. The van der Waals surface area contributed by atoms with E-state index in [9.17, 15) is 4.39 Å². The molecule has 0 bridgehead atoms. The van der Waals surface area contributed by atoms with Crippen LogP contribution in [0.2, 0.25) is 0 Å². The van der Waals surface area contributed by atoms with Gasteiger partial charge in [0, 0.05) is 22.7 Å². The standard InChI is InChI=1S/C14H17FN2S/c1-9-8-16-14(18-9)11(3)17-10(2)12-6-4-5-7-13(12)15/h4-8,10-11,17H,1-3H3. The summed E-state index contributed by atoms with van der Waals surface area (Å²) in [5, 5.41) is 4.41. The lowest BCUT2D eigenvalue weighted by molar-refractivity contribution is 0.473. The molecule has 0 saturated heterocycles. The minimum atomic E-state index is -0.167. The van der Waals surface area contributed by atoms with Crippen molar-refractivity contribution in [3.05, 3.63) is 51.7 Å². The Labute approximate surface area is 111 Å². The van der Waals surface area contributed by atoms with Gasteiger partial charge in [-0.05, 0) is 26.8 Å². The summed E-state index contributed by atoms with van der Waals surface area (Å²) in [7, 11) is 0. The number of nitrogens with one attached hydrogen (secondary N) is 1. The Morgan fingerprint density at radius 3 is 2.56 bits per heavy atom. The van der Waals surface area contributed by atoms with Crippen LogP contribution in [0.5, 0.6) is 0 Å². The minimum Gasteiger partial charge on any atom is -0.301 e. The first-order valence-electron chi connectivity index (χ1n) is 6.00. The van der Waals surface area contributed by atoms with Crippen molar-refractivity contribution in [2.24, 2.45) is 0 Å². The third-order valence-corrected chi connectivity index (χ3v) is 3.98. The van der Waals surface area contributed by atoms with Gasteiger partial charge in [0.1, 0.15) is 10.8 Å². The van der Waals surface area contributed by atoms with E-state index in [2.05, 4.69) is 17.2 Å². The minimum absolute atomic E-state index is 0.0367. The molecule has 2 atom stereocenters. The van der Waals surface area contributed by atoms with Gasteiger partial charge in [-0.3, -0.25) is 0 Å². The van der Waals surface area contributed by atoms with E-state index in [-0.39, 0.29) is 17.9 Å². The summed E-state index contributed by atoms with van der Waals surface area (Å²) >= 11 is 1.67. The second-order valence-electron chi connectivity index (χ2n) is 4.44. The maximum absolute atomic E-state index is 13.6. The average molecular weight is 264 g/mol. The molecule has 0 spiro atoms. The molecule has 1 aromatic heterocycles. The van der Waals surface area contributed by atoms with Crippen LogP contribution in [0, 0.1) is 12.7 Å². The molecule has 0 aliphatic heterocycles. The van der Waals surface area contributed by atoms with Gasteiger partial charge in [-0.1, -0.05) is 18.2 Å². The third-order valence-electron chi connectivity index (χ3n) is 2.88. The zero-order chi connectivity index (χ0) is 13.1. The van der Waals surface area contributed by atoms with E-state index >= 15 is 0 Å². The highest BCUT2D eigenvalue weighted by molar-refractivity contribution is 7.11. The summed E-state index contributed by atoms with van der Waals surface area (Å²) in [6.07, 6.45) is 1.87. The largest absolute Gasteiger partial charge is 0.301 e. The molecule has 0 saturated carbocycles. The SMILES string of the molecule is Cc1cnc(C(C)NC(C)c2ccccc2F)s1. The molecule has 0 fully saturated rings. The molecular weight excluding hydrogens is 247 g/mol. The molecule has 18 heavy (non-hydrogen) atoms. The Balaban J connectivity index is 2.08. The summed E-state index contributed by atoms with van der Waals surface area (Å²) in [5.41, 5.74) is 0.692. The molecular formula is C14H17FN2S. The van der Waals surface area contributed by atoms with E-state index < -0.39 is 0 Å². The zero-order valence-corrected chi connectivity index (χ0v) is 11.6. The highest BCUT2D eigenvalue weighted by Crippen LogP contribution is 2.23. The molecule has 1 aromatic carbocycles. The van der Waals surface area contributed by atoms with Crippen molar-refractivity contribution in [3.63, 3.8) is 0 Å². The van der Waals surface area contributed by atoms with Gasteiger partial charge >= 0.3 is 0 Å². The Hall–Kier alpha value is -1.26. The van der Waals surface area contributed by atoms with Crippen molar-refractivity contribution in [1.82, 2.24) is 10.3 Å². The van der Waals surface area contributed by atoms with E-state index in [1.807, 2.05) is 32.2 Å². The predicted molar refractivity (Wildman–Crippen MR) is 73.2 cm³/mol. The molecule has 1 heterocycles. The third kappa shape index (κ3) is 2.94. The Kier molecular flexibility index (Phi) is 4.09. The van der Waals surface area contributed by atoms with Gasteiger partial charge in [-0.15, -0.1) is 11.3 Å². The van der Waals surface area contributed by atoms with Gasteiger partial charge in [-0.2, -0.15) is 0 Å². The van der Waals surface area contributed by atoms with Gasteiger partial charge in [0.05, 0.1) is 6.04 Å². The van der Waals surface area contributed by atoms with Crippen LogP contribution in [0.1, 0.15) is 41.4 Å². The number of thiazole rings is 1. The van der Waals surface area contributed by atoms with Gasteiger partial charge in [-0.25, -0.2) is 9.37 Å². The van der Waals surface area contributed by atoms with Gasteiger partial charge < -0.3 is 5.32 Å². The number of nitrogens with zero attached hydrogens (tertiary/aromatic N) is 1. The van der Waals surface area contributed by atoms with Gasteiger partial charge in [0.25, 0.3) is 0 Å². The van der Waals surface area contributed by atoms with Crippen LogP contribution in [0.25, 0.3) is 0 Å². The lowest BCUT2D eigenvalue weighted by Gasteiger charge is -2.19. The quantitative estimate of drug-likeness (QED) is 0.902. The van der Waals surface area contributed by atoms with Crippen LogP contribution < -0.4 is 5.32 Å². The number of halogens is 1. The van der Waals surface area contributed by atoms with Crippen molar-refractivity contribution >= 4 is 11.3 Å². The Bertz CT molecular complexity index is 524. The second kappa shape index (κ2) is 5.59. The zero-order valence-electron chi connectivity index (χ0n) is 10.8. The molecule has 2 rings (SSSR count). The maximum atomic E-state index is 13.6. The fourth-order valence-electron chi connectivity index (χ4n) is 1.93. The van der Waals surface area contributed by atoms with E-state index in [1.165, 1.54) is 10.9 Å². The maximum Gasteiger partial charge on any atom is 0.127 e. The number of aromatic nitrogens is 1. The molecule has 2 nitrogen and oxygen atoms in total. The molecule has 2 aromatic rings. The van der Waals surface area contributed by atoms with E-state index in [0.29, 0.717) is 5.56 Å². The monoisotopic (exact) mass is 264 g/mol. The summed E-state index contributed by atoms with van der Waals surface area (Å²) in [6, 6.07) is 6.95. The summed E-state index contributed by atoms with van der Waals surface area (Å²) in [6.45, 7) is 6.05. The van der Waals surface area contributed by atoms with Crippen molar-refractivity contribution < 1.29 is 4.39 Å². The van der Waals surface area contributed by atoms with E-state index in [4.69, 9.17) is 0 Å². The average Bonchev–Trinajstić information content (AvgIpc) is 2.76. The molecule has 96 valence electrons. The van der Waals surface area contributed by atoms with Crippen LogP contribution in [-0.2, 0) is 0 Å². The van der Waals surface area contributed by atoms with Crippen LogP contribution in [-0.4, -0.2) is 4.98 Å². The predicted octanol–water partition coefficient (Wildman–Crippen LogP) is 4.00. The van der Waals surface area contributed by atoms with Crippen molar-refractivity contribution in [2.75, 3.05) is 0 Å². The van der Waals surface area contributed by atoms with Gasteiger partial charge in [0.15, 0.2) is 0 Å². The normalized spacial score (nSPS) is 14.4. The Morgan fingerprint density at radius 1 is 1.22 bits per heavy atom. The van der Waals surface area contributed by atoms with Crippen LogP contribution in [0.3, 0.4) is 0 Å². The van der Waals surface area contributed by atoms with Crippen molar-refractivity contribution in [3.8, 4) is 0 Å². The van der Waals surface area contributed by atoms with Crippen LogP contribution in [0.15, 0.2) is 30.5 Å². The number of hydrogen-bond acceptors (Lipinski definition) is 3. The molecule has 0 radical (unpaired) electrons. The summed E-state index contributed by atoms with van der Waals surface area (Å²) in [4.78, 5) is 5.54. The molecule has 0 aliphatic carbocycles. The smallest absolute Gasteiger partial charge is 0.127 e. The lowest BCUT2D eigenvalue weighted by Crippen LogP contribution is -2.23. The molecule has 0 aliphatic rings. The van der Waals surface area contributed by atoms with Crippen LogP contribution >= 0.6 is 11.3 Å². The summed E-state index contributed by atoms with van der Waals surface area (Å²) in [5.74, 6) is -0.167. The number of aryl methyl sites for hydroxylation is 1. The highest BCUT2D eigenvalue weighted by atomic mass is 32.1. The Morgan fingerprint density at radius 2 is 1.94 bits per heavy atom. The van der Waals surface area contributed by atoms with E-state index in [0.717, 1.165) is 5.01 Å². The number of hydrogen-bond donors (Lipinski definition) is 1. The molecule has 1 N–H and O–H groups in total. The lowest BCUT2D eigenvalue weighted by atomic mass is 10.1. The van der Waals surface area contributed by atoms with Crippen molar-refractivity contribution in [2.45, 2.75) is 32.9 Å². The number of rotatable bonds is 4. The van der Waals surface area contributed by atoms with Gasteiger partial charge in [0.2, 0.25) is 0 Å². The fourth-order valence-corrected chi connectivity index (χ4v) is 2.72. The molecule has 0 amide bonds. The van der Waals surface area contributed by atoms with Crippen molar-refractivity contribution in [1.29, 1.82) is 0 Å². The second-order valence-corrected chi connectivity index (χ2v) is 5.71. The first kappa shape index (κ1) is 13.2. The summed E-state index contributed by atoms with van der Waals surface area (Å²) < 4.78 is 13.6. The molecule has 4 heteroatoms. The number of benzene rings is 1. The first-order chi connectivity index (χ1) is 8.58. The molecule has 2 unspecified atom stereocenters. The highest BCUT2D eigenvalue weighted by Gasteiger charge is 2.15. The first-order valence-corrected chi connectivity index (χ1v) is 6.82. The topological polar surface area (TPSA) is 24.9 Å². The van der Waals surface area contributed by atoms with E-state index in [1.54, 1.807) is 17.4 Å².